The number of nitrogens with two attached hydrogens (primary N) is 2. The summed E-state index contributed by atoms with van der Waals surface area (Å²) in [5.41, 5.74) is 12.9. The topological polar surface area (TPSA) is 89.4 Å². The summed E-state index contributed by atoms with van der Waals surface area (Å²) in [6.45, 7) is 2.42. The van der Waals surface area contributed by atoms with Crippen LogP contribution >= 0.6 is 0 Å². The van der Waals surface area contributed by atoms with Crippen molar-refractivity contribution in [3.8, 4) is 0 Å². The van der Waals surface area contributed by atoms with Gasteiger partial charge >= 0.3 is 0 Å². The third kappa shape index (κ3) is 2.16. The number of primary amides is 1. The first kappa shape index (κ1) is 12.4. The van der Waals surface area contributed by atoms with Crippen molar-refractivity contribution in [3.63, 3.8) is 0 Å². The van der Waals surface area contributed by atoms with Gasteiger partial charge in [-0.15, -0.1) is 0 Å². The third-order valence-electron chi connectivity index (χ3n) is 3.33. The molecule has 4 N–H and O–H groups in total. The number of hydrogen-bond donors (Lipinski definition) is 2. The fourth-order valence-corrected chi connectivity index (χ4v) is 2.33. The molecule has 5 heteroatoms. The van der Waals surface area contributed by atoms with Gasteiger partial charge in [0.2, 0.25) is 5.91 Å². The highest BCUT2D eigenvalue weighted by Gasteiger charge is 2.33. The molecule has 0 saturated carbocycles. The Bertz CT molecular complexity index is 499. The first-order valence-electron chi connectivity index (χ1n) is 5.97. The van der Waals surface area contributed by atoms with Crippen LogP contribution in [0, 0.1) is 6.92 Å². The van der Waals surface area contributed by atoms with E-state index in [9.17, 15) is 9.59 Å². The van der Waals surface area contributed by atoms with Crippen LogP contribution in [0.1, 0.15) is 28.8 Å². The molecule has 96 valence electrons. The Labute approximate surface area is 106 Å². The summed E-state index contributed by atoms with van der Waals surface area (Å²) in [6, 6.07) is 4.71. The minimum absolute atomic E-state index is 0.166. The van der Waals surface area contributed by atoms with Crippen molar-refractivity contribution in [3.05, 3.63) is 29.3 Å². The fourth-order valence-electron chi connectivity index (χ4n) is 2.33. The van der Waals surface area contributed by atoms with E-state index in [1.807, 2.05) is 6.92 Å². The SMILES string of the molecule is Cc1ccc(N)cc1C(=O)N1CCCC1C(N)=O. The van der Waals surface area contributed by atoms with Gasteiger partial charge < -0.3 is 16.4 Å². The zero-order valence-corrected chi connectivity index (χ0v) is 10.3. The van der Waals surface area contributed by atoms with Gasteiger partial charge in [-0.2, -0.15) is 0 Å². The molecule has 1 aromatic rings. The number of nitrogen functional groups attached to an aromatic ring is 1. The predicted molar refractivity (Wildman–Crippen MR) is 68.8 cm³/mol. The van der Waals surface area contributed by atoms with Crippen LogP contribution in [-0.4, -0.2) is 29.3 Å². The van der Waals surface area contributed by atoms with E-state index in [2.05, 4.69) is 0 Å². The molecule has 1 aliphatic heterocycles. The Balaban J connectivity index is 2.31. The molecule has 18 heavy (non-hydrogen) atoms. The summed E-state index contributed by atoms with van der Waals surface area (Å²) < 4.78 is 0. The minimum atomic E-state index is -0.488. The normalized spacial score (nSPS) is 18.9. The number of nitrogens with zero attached hydrogens (tertiary/aromatic N) is 1. The number of likely N-dealkylation sites (tertiary alicyclic amines) is 1. The molecule has 1 unspecified atom stereocenters. The molecular formula is C13H17N3O2. The molecule has 2 rings (SSSR count). The van der Waals surface area contributed by atoms with Gasteiger partial charge in [-0.05, 0) is 37.5 Å². The van der Waals surface area contributed by atoms with Gasteiger partial charge in [0.15, 0.2) is 0 Å². The summed E-state index contributed by atoms with van der Waals surface area (Å²) >= 11 is 0. The van der Waals surface area contributed by atoms with E-state index in [0.717, 1.165) is 12.0 Å². The number of carbonyl (C=O) groups excluding carboxylic acids is 2. The average Bonchev–Trinajstić information content (AvgIpc) is 2.80. The Kier molecular flexibility index (Phi) is 3.23. The van der Waals surface area contributed by atoms with Gasteiger partial charge in [-0.25, -0.2) is 0 Å². The van der Waals surface area contributed by atoms with Crippen LogP contribution in [0.25, 0.3) is 0 Å². The number of benzene rings is 1. The van der Waals surface area contributed by atoms with E-state index in [-0.39, 0.29) is 5.91 Å². The molecule has 1 aliphatic rings. The second-order valence-corrected chi connectivity index (χ2v) is 4.63. The molecule has 0 aliphatic carbocycles. The molecule has 0 spiro atoms. The smallest absolute Gasteiger partial charge is 0.254 e. The van der Waals surface area contributed by atoms with Crippen LogP contribution in [0.4, 0.5) is 5.69 Å². The molecule has 0 radical (unpaired) electrons. The van der Waals surface area contributed by atoms with E-state index < -0.39 is 11.9 Å². The van der Waals surface area contributed by atoms with E-state index in [1.165, 1.54) is 0 Å². The van der Waals surface area contributed by atoms with Gasteiger partial charge in [0.05, 0.1) is 0 Å². The van der Waals surface area contributed by atoms with Crippen LogP contribution in [0.2, 0.25) is 0 Å². The van der Waals surface area contributed by atoms with Crippen molar-refractivity contribution in [2.75, 3.05) is 12.3 Å². The molecule has 1 heterocycles. The summed E-state index contributed by atoms with van der Waals surface area (Å²) in [6.07, 6.45) is 1.45. The standard InChI is InChI=1S/C13H17N3O2/c1-8-4-5-9(14)7-10(8)13(18)16-6-2-3-11(16)12(15)17/h4-5,7,11H,2-3,6,14H2,1H3,(H2,15,17). The maximum atomic E-state index is 12.4. The van der Waals surface area contributed by atoms with Crippen LogP contribution in [0.5, 0.6) is 0 Å². The average molecular weight is 247 g/mol. The fraction of sp³-hybridized carbons (Fsp3) is 0.385. The monoisotopic (exact) mass is 247 g/mol. The highest BCUT2D eigenvalue weighted by atomic mass is 16.2. The summed E-state index contributed by atoms with van der Waals surface area (Å²) in [5, 5.41) is 0. The quantitative estimate of drug-likeness (QED) is 0.752. The van der Waals surface area contributed by atoms with E-state index in [4.69, 9.17) is 11.5 Å². The lowest BCUT2D eigenvalue weighted by Gasteiger charge is -2.23. The Morgan fingerprint density at radius 1 is 1.39 bits per heavy atom. The Hall–Kier alpha value is -2.04. The highest BCUT2D eigenvalue weighted by Crippen LogP contribution is 2.22. The lowest BCUT2D eigenvalue weighted by atomic mass is 10.1. The van der Waals surface area contributed by atoms with Crippen LogP contribution in [0.3, 0.4) is 0 Å². The Morgan fingerprint density at radius 3 is 2.78 bits per heavy atom. The van der Waals surface area contributed by atoms with Crippen molar-refractivity contribution >= 4 is 17.5 Å². The molecule has 5 nitrogen and oxygen atoms in total. The van der Waals surface area contributed by atoms with Crippen LogP contribution in [-0.2, 0) is 4.79 Å². The third-order valence-corrected chi connectivity index (χ3v) is 3.33. The molecule has 0 aromatic heterocycles. The molecule has 1 fully saturated rings. The largest absolute Gasteiger partial charge is 0.399 e. The molecule has 1 atom stereocenters. The molecule has 0 bridgehead atoms. The van der Waals surface area contributed by atoms with Gasteiger partial charge in [-0.1, -0.05) is 6.07 Å². The van der Waals surface area contributed by atoms with E-state index in [0.29, 0.717) is 24.2 Å². The first-order valence-corrected chi connectivity index (χ1v) is 5.97. The highest BCUT2D eigenvalue weighted by molar-refractivity contribution is 5.99. The van der Waals surface area contributed by atoms with E-state index in [1.54, 1.807) is 23.1 Å². The van der Waals surface area contributed by atoms with Gasteiger partial charge in [0.25, 0.3) is 5.91 Å². The minimum Gasteiger partial charge on any atom is -0.399 e. The number of amides is 2. The number of aryl methyl sites for hydroxylation is 1. The number of carbonyl (C=O) groups is 2. The van der Waals surface area contributed by atoms with Crippen LogP contribution < -0.4 is 11.5 Å². The summed E-state index contributed by atoms with van der Waals surface area (Å²) in [7, 11) is 0. The predicted octanol–water partition coefficient (Wildman–Crippen LogP) is 0.667. The number of rotatable bonds is 2. The molecule has 2 amide bonds. The van der Waals surface area contributed by atoms with Crippen molar-refractivity contribution in [2.24, 2.45) is 5.73 Å². The molecule has 1 saturated heterocycles. The van der Waals surface area contributed by atoms with Crippen molar-refractivity contribution in [1.29, 1.82) is 0 Å². The maximum absolute atomic E-state index is 12.4. The van der Waals surface area contributed by atoms with Gasteiger partial charge in [0.1, 0.15) is 6.04 Å². The zero-order chi connectivity index (χ0) is 13.3. The maximum Gasteiger partial charge on any atom is 0.254 e. The number of anilines is 1. The molecular weight excluding hydrogens is 230 g/mol. The van der Waals surface area contributed by atoms with Crippen molar-refractivity contribution in [2.45, 2.75) is 25.8 Å². The van der Waals surface area contributed by atoms with Gasteiger partial charge in [-0.3, -0.25) is 9.59 Å². The summed E-state index contributed by atoms with van der Waals surface area (Å²) in [5.74, 6) is -0.608. The van der Waals surface area contributed by atoms with Crippen molar-refractivity contribution in [1.82, 2.24) is 4.90 Å². The van der Waals surface area contributed by atoms with Crippen molar-refractivity contribution < 1.29 is 9.59 Å². The first-order chi connectivity index (χ1) is 8.50. The molecule has 1 aromatic carbocycles. The lowest BCUT2D eigenvalue weighted by molar-refractivity contribution is -0.121. The Morgan fingerprint density at radius 2 is 2.11 bits per heavy atom. The zero-order valence-electron chi connectivity index (χ0n) is 10.3. The van der Waals surface area contributed by atoms with E-state index >= 15 is 0 Å². The second kappa shape index (κ2) is 4.68. The number of hydrogen-bond acceptors (Lipinski definition) is 3. The van der Waals surface area contributed by atoms with Gasteiger partial charge in [0, 0.05) is 17.8 Å². The van der Waals surface area contributed by atoms with Crippen LogP contribution in [0.15, 0.2) is 18.2 Å². The summed E-state index contributed by atoms with van der Waals surface area (Å²) in [4.78, 5) is 25.2. The lowest BCUT2D eigenvalue weighted by Crippen LogP contribution is -2.43. The second-order valence-electron chi connectivity index (χ2n) is 4.63.